The molecule has 0 aliphatic carbocycles. The van der Waals surface area contributed by atoms with Crippen LogP contribution >= 0.6 is 0 Å². The van der Waals surface area contributed by atoms with Gasteiger partial charge in [-0.2, -0.15) is 0 Å². The maximum absolute atomic E-state index is 10.9. The smallest absolute Gasteiger partial charge is 0.0942 e. The first kappa shape index (κ1) is 16.2. The van der Waals surface area contributed by atoms with Crippen LogP contribution in [0.1, 0.15) is 37.0 Å². The molecule has 0 aromatic heterocycles. The summed E-state index contributed by atoms with van der Waals surface area (Å²) < 4.78 is 0. The number of aliphatic hydroxyl groups excluding tert-OH is 1. The second-order valence-electron chi connectivity index (χ2n) is 6.53. The van der Waals surface area contributed by atoms with Crippen molar-refractivity contribution in [2.75, 3.05) is 13.1 Å². The van der Waals surface area contributed by atoms with E-state index < -0.39 is 11.7 Å². The zero-order valence-electron chi connectivity index (χ0n) is 13.6. The van der Waals surface area contributed by atoms with Crippen LogP contribution in [0.5, 0.6) is 0 Å². The molecular formula is C20H25NO2. The summed E-state index contributed by atoms with van der Waals surface area (Å²) in [6, 6.07) is 19.8. The number of hydrogen-bond acceptors (Lipinski definition) is 3. The lowest BCUT2D eigenvalue weighted by Gasteiger charge is -2.42. The maximum Gasteiger partial charge on any atom is 0.0942 e. The van der Waals surface area contributed by atoms with Crippen molar-refractivity contribution in [1.82, 2.24) is 4.90 Å². The predicted octanol–water partition coefficient (Wildman–Crippen LogP) is 3.09. The number of piperidine rings is 1. The second kappa shape index (κ2) is 6.83. The summed E-state index contributed by atoms with van der Waals surface area (Å²) in [5.74, 6) is 0. The molecule has 3 rings (SSSR count). The molecule has 0 unspecified atom stereocenters. The van der Waals surface area contributed by atoms with Gasteiger partial charge in [-0.15, -0.1) is 0 Å². The van der Waals surface area contributed by atoms with E-state index in [1.54, 1.807) is 0 Å². The molecule has 1 saturated heterocycles. The van der Waals surface area contributed by atoms with Crippen LogP contribution in [0.4, 0.5) is 0 Å². The number of likely N-dealkylation sites (tertiary alicyclic amines) is 1. The van der Waals surface area contributed by atoms with E-state index in [-0.39, 0.29) is 6.04 Å². The molecule has 0 amide bonds. The van der Waals surface area contributed by atoms with Gasteiger partial charge in [-0.25, -0.2) is 0 Å². The summed E-state index contributed by atoms with van der Waals surface area (Å²) in [5.41, 5.74) is 1.20. The zero-order valence-corrected chi connectivity index (χ0v) is 13.6. The summed E-state index contributed by atoms with van der Waals surface area (Å²) in [7, 11) is 0. The van der Waals surface area contributed by atoms with Gasteiger partial charge in [0.2, 0.25) is 0 Å². The van der Waals surface area contributed by atoms with Crippen molar-refractivity contribution in [3.05, 3.63) is 71.8 Å². The van der Waals surface area contributed by atoms with Crippen molar-refractivity contribution in [1.29, 1.82) is 0 Å². The van der Waals surface area contributed by atoms with Crippen LogP contribution in [0.2, 0.25) is 0 Å². The molecule has 23 heavy (non-hydrogen) atoms. The first-order chi connectivity index (χ1) is 11.1. The van der Waals surface area contributed by atoms with Gasteiger partial charge in [0, 0.05) is 19.1 Å². The van der Waals surface area contributed by atoms with Crippen molar-refractivity contribution >= 4 is 0 Å². The molecule has 122 valence electrons. The SMILES string of the molecule is C[C@@H]([C@@H](O)c1ccccc1)N1CCC(O)(c2ccccc2)CC1. The summed E-state index contributed by atoms with van der Waals surface area (Å²) in [6.07, 6.45) is 0.894. The standard InChI is InChI=1S/C20H25NO2/c1-16(19(22)17-8-4-2-5-9-17)21-14-12-20(23,13-15-21)18-10-6-3-7-11-18/h2-11,16,19,22-23H,12-15H2,1H3/t16-,19+/m0/s1. The minimum atomic E-state index is -0.741. The quantitative estimate of drug-likeness (QED) is 0.912. The Morgan fingerprint density at radius 3 is 2.00 bits per heavy atom. The Kier molecular flexibility index (Phi) is 4.81. The van der Waals surface area contributed by atoms with Gasteiger partial charge >= 0.3 is 0 Å². The predicted molar refractivity (Wildman–Crippen MR) is 92.0 cm³/mol. The van der Waals surface area contributed by atoms with Gasteiger partial charge in [-0.1, -0.05) is 60.7 Å². The number of nitrogens with zero attached hydrogens (tertiary/aromatic N) is 1. The molecule has 0 spiro atoms. The van der Waals surface area contributed by atoms with Gasteiger partial charge in [0.1, 0.15) is 0 Å². The van der Waals surface area contributed by atoms with Gasteiger partial charge in [0.25, 0.3) is 0 Å². The third-order valence-electron chi connectivity index (χ3n) is 5.11. The Balaban J connectivity index is 1.65. The van der Waals surface area contributed by atoms with Crippen molar-refractivity contribution in [2.45, 2.75) is 37.5 Å². The van der Waals surface area contributed by atoms with Crippen LogP contribution in [0, 0.1) is 0 Å². The van der Waals surface area contributed by atoms with Crippen LogP contribution in [0.15, 0.2) is 60.7 Å². The third kappa shape index (κ3) is 3.47. The summed E-state index contributed by atoms with van der Waals surface area (Å²) in [4.78, 5) is 2.27. The van der Waals surface area contributed by atoms with Crippen molar-refractivity contribution < 1.29 is 10.2 Å². The Bertz CT molecular complexity index is 606. The molecule has 0 bridgehead atoms. The highest BCUT2D eigenvalue weighted by Gasteiger charge is 2.36. The summed E-state index contributed by atoms with van der Waals surface area (Å²) in [6.45, 7) is 3.64. The first-order valence-corrected chi connectivity index (χ1v) is 8.35. The van der Waals surface area contributed by atoms with Gasteiger partial charge in [0.15, 0.2) is 0 Å². The van der Waals surface area contributed by atoms with E-state index in [2.05, 4.69) is 11.8 Å². The van der Waals surface area contributed by atoms with E-state index in [0.717, 1.165) is 24.2 Å². The maximum atomic E-state index is 10.9. The Hall–Kier alpha value is -1.68. The zero-order chi connectivity index (χ0) is 16.3. The average molecular weight is 311 g/mol. The lowest BCUT2D eigenvalue weighted by molar-refractivity contribution is -0.0501. The molecular weight excluding hydrogens is 286 g/mol. The molecule has 1 heterocycles. The normalized spacial score (nSPS) is 20.8. The molecule has 2 aromatic rings. The van der Waals surface area contributed by atoms with Crippen LogP contribution in [-0.4, -0.2) is 34.2 Å². The molecule has 1 fully saturated rings. The molecule has 3 nitrogen and oxygen atoms in total. The van der Waals surface area contributed by atoms with Crippen LogP contribution in [0.25, 0.3) is 0 Å². The molecule has 2 atom stereocenters. The molecule has 1 aliphatic rings. The highest BCUT2D eigenvalue weighted by molar-refractivity contribution is 5.23. The van der Waals surface area contributed by atoms with Crippen LogP contribution < -0.4 is 0 Å². The largest absolute Gasteiger partial charge is 0.387 e. The van der Waals surface area contributed by atoms with E-state index in [1.165, 1.54) is 0 Å². The molecule has 2 N–H and O–H groups in total. The van der Waals surface area contributed by atoms with E-state index in [0.29, 0.717) is 12.8 Å². The van der Waals surface area contributed by atoms with E-state index >= 15 is 0 Å². The Labute approximate surface area is 138 Å². The Morgan fingerprint density at radius 1 is 0.913 bits per heavy atom. The van der Waals surface area contributed by atoms with E-state index in [1.807, 2.05) is 60.7 Å². The third-order valence-corrected chi connectivity index (χ3v) is 5.11. The fourth-order valence-electron chi connectivity index (χ4n) is 3.47. The van der Waals surface area contributed by atoms with E-state index in [4.69, 9.17) is 0 Å². The van der Waals surface area contributed by atoms with Crippen LogP contribution in [-0.2, 0) is 5.60 Å². The molecule has 1 aliphatic heterocycles. The van der Waals surface area contributed by atoms with Crippen molar-refractivity contribution in [2.24, 2.45) is 0 Å². The number of benzene rings is 2. The average Bonchev–Trinajstić information content (AvgIpc) is 2.63. The second-order valence-corrected chi connectivity index (χ2v) is 6.53. The highest BCUT2D eigenvalue weighted by atomic mass is 16.3. The van der Waals surface area contributed by atoms with Gasteiger partial charge in [-0.05, 0) is 30.9 Å². The van der Waals surface area contributed by atoms with Gasteiger partial charge < -0.3 is 10.2 Å². The number of rotatable bonds is 4. The lowest BCUT2D eigenvalue weighted by atomic mass is 9.83. The van der Waals surface area contributed by atoms with Gasteiger partial charge in [-0.3, -0.25) is 4.90 Å². The molecule has 3 heteroatoms. The lowest BCUT2D eigenvalue weighted by Crippen LogP contribution is -2.47. The molecule has 0 radical (unpaired) electrons. The first-order valence-electron chi connectivity index (χ1n) is 8.35. The summed E-state index contributed by atoms with van der Waals surface area (Å²) in [5, 5.41) is 21.5. The number of aliphatic hydroxyl groups is 2. The fourth-order valence-corrected chi connectivity index (χ4v) is 3.47. The highest BCUT2D eigenvalue weighted by Crippen LogP contribution is 2.34. The van der Waals surface area contributed by atoms with Crippen LogP contribution in [0.3, 0.4) is 0 Å². The monoisotopic (exact) mass is 311 g/mol. The van der Waals surface area contributed by atoms with Gasteiger partial charge in [0.05, 0.1) is 11.7 Å². The minimum Gasteiger partial charge on any atom is -0.387 e. The fraction of sp³-hybridized carbons (Fsp3) is 0.400. The number of hydrogen-bond donors (Lipinski definition) is 2. The Morgan fingerprint density at radius 2 is 1.43 bits per heavy atom. The summed E-state index contributed by atoms with van der Waals surface area (Å²) >= 11 is 0. The molecule has 2 aromatic carbocycles. The van der Waals surface area contributed by atoms with Crippen molar-refractivity contribution in [3.8, 4) is 0 Å². The van der Waals surface area contributed by atoms with E-state index in [9.17, 15) is 10.2 Å². The topological polar surface area (TPSA) is 43.7 Å². The minimum absolute atomic E-state index is 0.0396. The molecule has 0 saturated carbocycles. The van der Waals surface area contributed by atoms with Crippen molar-refractivity contribution in [3.63, 3.8) is 0 Å².